The van der Waals surface area contributed by atoms with Crippen LogP contribution >= 0.6 is 11.6 Å². The number of alkyl halides is 3. The number of hydrogen-bond donors (Lipinski definition) is 1. The van der Waals surface area contributed by atoms with Crippen molar-refractivity contribution < 1.29 is 13.2 Å². The van der Waals surface area contributed by atoms with Gasteiger partial charge in [-0.25, -0.2) is 4.98 Å². The first-order chi connectivity index (χ1) is 8.38. The van der Waals surface area contributed by atoms with Gasteiger partial charge in [-0.2, -0.15) is 13.2 Å². The van der Waals surface area contributed by atoms with Gasteiger partial charge in [0.25, 0.3) is 0 Å². The SMILES string of the molecule is NC1CCN(c2cc(C(F)(F)F)cnc2Cl)CC1. The van der Waals surface area contributed by atoms with Crippen LogP contribution < -0.4 is 10.6 Å². The van der Waals surface area contributed by atoms with Crippen LogP contribution in [0.25, 0.3) is 0 Å². The third kappa shape index (κ3) is 2.87. The van der Waals surface area contributed by atoms with Crippen LogP contribution in [0.1, 0.15) is 18.4 Å². The van der Waals surface area contributed by atoms with Crippen molar-refractivity contribution in [2.75, 3.05) is 18.0 Å². The number of hydrogen-bond acceptors (Lipinski definition) is 3. The smallest absolute Gasteiger partial charge is 0.369 e. The van der Waals surface area contributed by atoms with Crippen LogP contribution in [0.5, 0.6) is 0 Å². The highest BCUT2D eigenvalue weighted by molar-refractivity contribution is 6.32. The summed E-state index contributed by atoms with van der Waals surface area (Å²) in [6.45, 7) is 1.20. The Morgan fingerprint density at radius 1 is 1.33 bits per heavy atom. The Kier molecular flexibility index (Phi) is 3.68. The van der Waals surface area contributed by atoms with E-state index in [1.165, 1.54) is 0 Å². The first-order valence-electron chi connectivity index (χ1n) is 5.61. The summed E-state index contributed by atoms with van der Waals surface area (Å²) in [5, 5.41) is 0.0958. The molecule has 1 aromatic rings. The second kappa shape index (κ2) is 4.93. The summed E-state index contributed by atoms with van der Waals surface area (Å²) >= 11 is 5.86. The average Bonchev–Trinajstić information content (AvgIpc) is 2.29. The quantitative estimate of drug-likeness (QED) is 0.804. The molecule has 0 radical (unpaired) electrons. The van der Waals surface area contributed by atoms with E-state index >= 15 is 0 Å². The fourth-order valence-corrected chi connectivity index (χ4v) is 2.18. The van der Waals surface area contributed by atoms with E-state index in [1.807, 2.05) is 0 Å². The minimum atomic E-state index is -4.40. The number of nitrogens with zero attached hydrogens (tertiary/aromatic N) is 2. The van der Waals surface area contributed by atoms with Gasteiger partial charge in [0.05, 0.1) is 11.3 Å². The van der Waals surface area contributed by atoms with Crippen LogP contribution in [0.3, 0.4) is 0 Å². The number of halogens is 4. The third-order valence-electron chi connectivity index (χ3n) is 3.03. The van der Waals surface area contributed by atoms with E-state index in [-0.39, 0.29) is 11.2 Å². The number of pyridine rings is 1. The highest BCUT2D eigenvalue weighted by Gasteiger charge is 2.32. The van der Waals surface area contributed by atoms with Gasteiger partial charge >= 0.3 is 6.18 Å². The van der Waals surface area contributed by atoms with Crippen molar-refractivity contribution >= 4 is 17.3 Å². The molecule has 2 rings (SSSR count). The molecule has 1 aliphatic rings. The molecule has 0 amide bonds. The molecule has 1 aromatic heterocycles. The fraction of sp³-hybridized carbons (Fsp3) is 0.545. The summed E-state index contributed by atoms with van der Waals surface area (Å²) < 4.78 is 37.8. The maximum absolute atomic E-state index is 12.6. The number of anilines is 1. The molecule has 2 heterocycles. The lowest BCUT2D eigenvalue weighted by Gasteiger charge is -2.32. The van der Waals surface area contributed by atoms with Gasteiger partial charge in [-0.3, -0.25) is 0 Å². The van der Waals surface area contributed by atoms with Crippen LogP contribution in [0.15, 0.2) is 12.3 Å². The molecule has 0 bridgehead atoms. The maximum Gasteiger partial charge on any atom is 0.417 e. The van der Waals surface area contributed by atoms with E-state index < -0.39 is 11.7 Å². The Morgan fingerprint density at radius 2 is 1.94 bits per heavy atom. The monoisotopic (exact) mass is 279 g/mol. The highest BCUT2D eigenvalue weighted by atomic mass is 35.5. The van der Waals surface area contributed by atoms with Gasteiger partial charge in [0.2, 0.25) is 0 Å². The first kappa shape index (κ1) is 13.4. The molecule has 100 valence electrons. The molecular formula is C11H13ClF3N3. The second-order valence-electron chi connectivity index (χ2n) is 4.36. The summed E-state index contributed by atoms with van der Waals surface area (Å²) in [4.78, 5) is 5.41. The van der Waals surface area contributed by atoms with Crippen molar-refractivity contribution in [3.8, 4) is 0 Å². The van der Waals surface area contributed by atoms with Crippen molar-refractivity contribution in [3.63, 3.8) is 0 Å². The number of nitrogens with two attached hydrogens (primary N) is 1. The van der Waals surface area contributed by atoms with Crippen molar-refractivity contribution in [1.82, 2.24) is 4.98 Å². The molecule has 1 fully saturated rings. The summed E-state index contributed by atoms with van der Waals surface area (Å²) in [5.41, 5.74) is 5.31. The van der Waals surface area contributed by atoms with Crippen molar-refractivity contribution in [3.05, 3.63) is 23.0 Å². The zero-order chi connectivity index (χ0) is 13.3. The molecule has 1 aliphatic heterocycles. The lowest BCUT2D eigenvalue weighted by atomic mass is 10.1. The van der Waals surface area contributed by atoms with E-state index in [0.717, 1.165) is 25.1 Å². The average molecular weight is 280 g/mol. The molecule has 0 saturated carbocycles. The molecule has 0 atom stereocenters. The fourth-order valence-electron chi connectivity index (χ4n) is 1.95. The topological polar surface area (TPSA) is 42.1 Å². The lowest BCUT2D eigenvalue weighted by Crippen LogP contribution is -2.40. The molecule has 18 heavy (non-hydrogen) atoms. The molecular weight excluding hydrogens is 267 g/mol. The second-order valence-corrected chi connectivity index (χ2v) is 4.71. The van der Waals surface area contributed by atoms with E-state index in [4.69, 9.17) is 17.3 Å². The minimum Gasteiger partial charge on any atom is -0.369 e. The lowest BCUT2D eigenvalue weighted by molar-refractivity contribution is -0.137. The van der Waals surface area contributed by atoms with Crippen molar-refractivity contribution in [2.45, 2.75) is 25.1 Å². The van der Waals surface area contributed by atoms with E-state index in [9.17, 15) is 13.2 Å². The predicted octanol–water partition coefficient (Wildman–Crippen LogP) is 2.68. The standard InChI is InChI=1S/C11H13ClF3N3/c12-10-9(18-3-1-8(16)2-4-18)5-7(6-17-10)11(13,14)15/h5-6,8H,1-4,16H2. The number of piperidine rings is 1. The van der Waals surface area contributed by atoms with Gasteiger partial charge in [-0.05, 0) is 18.9 Å². The summed E-state index contributed by atoms with van der Waals surface area (Å²) in [7, 11) is 0. The summed E-state index contributed by atoms with van der Waals surface area (Å²) in [5.74, 6) is 0. The van der Waals surface area contributed by atoms with Gasteiger partial charge in [0.15, 0.2) is 5.15 Å². The van der Waals surface area contributed by atoms with Crippen LogP contribution in [-0.4, -0.2) is 24.1 Å². The van der Waals surface area contributed by atoms with Gasteiger partial charge in [0, 0.05) is 25.3 Å². The highest BCUT2D eigenvalue weighted by Crippen LogP contribution is 2.34. The largest absolute Gasteiger partial charge is 0.417 e. The van der Waals surface area contributed by atoms with Crippen molar-refractivity contribution in [1.29, 1.82) is 0 Å². The molecule has 0 spiro atoms. The van der Waals surface area contributed by atoms with Crippen LogP contribution in [0.2, 0.25) is 5.15 Å². The molecule has 1 saturated heterocycles. The summed E-state index contributed by atoms with van der Waals surface area (Å²) in [6, 6.07) is 1.16. The van der Waals surface area contributed by atoms with Gasteiger partial charge in [-0.15, -0.1) is 0 Å². The molecule has 3 nitrogen and oxygen atoms in total. The Labute approximate surface area is 108 Å². The van der Waals surface area contributed by atoms with E-state index in [0.29, 0.717) is 18.8 Å². The maximum atomic E-state index is 12.6. The minimum absolute atomic E-state index is 0.0958. The Morgan fingerprint density at radius 3 is 2.50 bits per heavy atom. The van der Waals surface area contributed by atoms with Crippen LogP contribution in [-0.2, 0) is 6.18 Å². The molecule has 0 aliphatic carbocycles. The van der Waals surface area contributed by atoms with E-state index in [1.54, 1.807) is 4.90 Å². The van der Waals surface area contributed by atoms with E-state index in [2.05, 4.69) is 4.98 Å². The van der Waals surface area contributed by atoms with Gasteiger partial charge in [0.1, 0.15) is 0 Å². The van der Waals surface area contributed by atoms with Crippen molar-refractivity contribution in [2.24, 2.45) is 5.73 Å². The normalized spacial score (nSPS) is 18.2. The number of aromatic nitrogens is 1. The molecule has 2 N–H and O–H groups in total. The predicted molar refractivity (Wildman–Crippen MR) is 63.7 cm³/mol. The Hall–Kier alpha value is -1.01. The zero-order valence-electron chi connectivity index (χ0n) is 9.54. The summed E-state index contributed by atoms with van der Waals surface area (Å²) in [6.07, 6.45) is -2.17. The third-order valence-corrected chi connectivity index (χ3v) is 3.32. The Balaban J connectivity index is 2.27. The number of rotatable bonds is 1. The van der Waals surface area contributed by atoms with Crippen LogP contribution in [0, 0.1) is 0 Å². The Bertz CT molecular complexity index is 428. The van der Waals surface area contributed by atoms with Crippen LogP contribution in [0.4, 0.5) is 18.9 Å². The zero-order valence-corrected chi connectivity index (χ0v) is 10.3. The molecule has 0 aromatic carbocycles. The first-order valence-corrected chi connectivity index (χ1v) is 5.99. The van der Waals surface area contributed by atoms with Gasteiger partial charge < -0.3 is 10.6 Å². The molecule has 0 unspecified atom stereocenters. The van der Waals surface area contributed by atoms with Gasteiger partial charge in [-0.1, -0.05) is 11.6 Å². The molecule has 7 heteroatoms.